The van der Waals surface area contributed by atoms with Crippen molar-refractivity contribution in [2.75, 3.05) is 20.3 Å². The minimum atomic E-state index is -1.02. The molecule has 180 valence electrons. The first kappa shape index (κ1) is 25.3. The largest absolute Gasteiger partial charge is 0.469 e. The summed E-state index contributed by atoms with van der Waals surface area (Å²) < 4.78 is 15.7. The molecule has 1 aliphatic heterocycles. The predicted molar refractivity (Wildman–Crippen MR) is 128 cm³/mol. The monoisotopic (exact) mass is 485 g/mol. The predicted octanol–water partition coefficient (Wildman–Crippen LogP) is 4.73. The number of carbonyl (C=O) groups excluding carboxylic acids is 3. The van der Waals surface area contributed by atoms with Crippen LogP contribution in [0.25, 0.3) is 5.57 Å². The lowest BCUT2D eigenvalue weighted by Gasteiger charge is -2.26. The summed E-state index contributed by atoms with van der Waals surface area (Å²) in [6, 6.07) is 15.3. The average molecular weight is 486 g/mol. The number of amides is 1. The molecule has 0 spiro atoms. The molecule has 3 rings (SSSR count). The van der Waals surface area contributed by atoms with Crippen LogP contribution >= 0.6 is 11.6 Å². The van der Waals surface area contributed by atoms with Crippen LogP contribution in [0.3, 0.4) is 0 Å². The van der Waals surface area contributed by atoms with Crippen molar-refractivity contribution in [1.29, 1.82) is 0 Å². The van der Waals surface area contributed by atoms with Crippen molar-refractivity contribution in [1.82, 2.24) is 4.90 Å². The van der Waals surface area contributed by atoms with Gasteiger partial charge in [-0.05, 0) is 35.8 Å². The van der Waals surface area contributed by atoms with Crippen molar-refractivity contribution < 1.29 is 28.6 Å². The Morgan fingerprint density at radius 1 is 1.06 bits per heavy atom. The molecule has 0 aromatic heterocycles. The summed E-state index contributed by atoms with van der Waals surface area (Å²) in [4.78, 5) is 39.7. The van der Waals surface area contributed by atoms with Crippen molar-refractivity contribution in [3.8, 4) is 0 Å². The topological polar surface area (TPSA) is 82.1 Å². The molecule has 0 N–H and O–H groups in total. The number of methoxy groups -OCH3 is 1. The lowest BCUT2D eigenvalue weighted by atomic mass is 9.81. The second-order valence-corrected chi connectivity index (χ2v) is 8.41. The molecule has 0 radical (unpaired) electrons. The zero-order chi connectivity index (χ0) is 24.7. The van der Waals surface area contributed by atoms with Crippen LogP contribution in [0.4, 0.5) is 4.79 Å². The molecule has 7 nitrogen and oxygen atoms in total. The molecule has 8 heteroatoms. The molecular weight excluding hydrogens is 458 g/mol. The van der Waals surface area contributed by atoms with Gasteiger partial charge in [0, 0.05) is 23.4 Å². The Hall–Kier alpha value is -3.32. The van der Waals surface area contributed by atoms with Gasteiger partial charge in [0.2, 0.25) is 0 Å². The van der Waals surface area contributed by atoms with Crippen LogP contribution in [-0.2, 0) is 30.4 Å². The molecule has 1 heterocycles. The lowest BCUT2D eigenvalue weighted by Crippen LogP contribution is -2.45. The van der Waals surface area contributed by atoms with Gasteiger partial charge < -0.3 is 14.2 Å². The van der Waals surface area contributed by atoms with Gasteiger partial charge in [-0.3, -0.25) is 9.69 Å². The van der Waals surface area contributed by atoms with Gasteiger partial charge in [0.05, 0.1) is 20.1 Å². The van der Waals surface area contributed by atoms with Gasteiger partial charge in [-0.1, -0.05) is 60.6 Å². The molecule has 0 saturated carbocycles. The highest BCUT2D eigenvalue weighted by atomic mass is 35.5. The number of benzene rings is 2. The van der Waals surface area contributed by atoms with Crippen LogP contribution in [0.1, 0.15) is 24.5 Å². The van der Waals surface area contributed by atoms with E-state index >= 15 is 0 Å². The number of hydrogen-bond donors (Lipinski definition) is 0. The molecule has 1 saturated heterocycles. The van der Waals surface area contributed by atoms with Crippen LogP contribution < -0.4 is 0 Å². The molecule has 0 bridgehead atoms. The zero-order valence-corrected chi connectivity index (χ0v) is 20.0. The van der Waals surface area contributed by atoms with E-state index in [1.54, 1.807) is 19.1 Å². The molecule has 1 aliphatic rings. The van der Waals surface area contributed by atoms with Gasteiger partial charge in [-0.15, -0.1) is 0 Å². The molecular formula is C26H28ClNO6. The van der Waals surface area contributed by atoms with Gasteiger partial charge in [-0.2, -0.15) is 0 Å². The highest BCUT2D eigenvalue weighted by Gasteiger charge is 2.51. The summed E-state index contributed by atoms with van der Waals surface area (Å²) in [5.41, 5.74) is 2.29. The third kappa shape index (κ3) is 5.97. The Morgan fingerprint density at radius 3 is 2.35 bits per heavy atom. The van der Waals surface area contributed by atoms with Gasteiger partial charge in [0.1, 0.15) is 12.6 Å². The number of carbonyl (C=O) groups is 3. The maximum atomic E-state index is 13.1. The van der Waals surface area contributed by atoms with Crippen LogP contribution in [0.15, 0.2) is 61.2 Å². The normalized spacial score (nSPS) is 19.4. The van der Waals surface area contributed by atoms with Gasteiger partial charge in [0.25, 0.3) is 0 Å². The number of nitrogens with zero attached hydrogens (tertiary/aromatic N) is 1. The van der Waals surface area contributed by atoms with Crippen molar-refractivity contribution in [3.63, 3.8) is 0 Å². The average Bonchev–Trinajstić information content (AvgIpc) is 3.22. The Bertz CT molecular complexity index is 1020. The molecule has 0 aliphatic carbocycles. The summed E-state index contributed by atoms with van der Waals surface area (Å²) in [6.07, 6.45) is -0.747. The van der Waals surface area contributed by atoms with E-state index in [1.165, 1.54) is 12.0 Å². The standard InChI is InChI=1S/C26H28ClNO6/c1-4-33-25(30)24-21(14-23(29)32-3)22(17(2)19-10-12-20(27)13-11-19)15-28(24)26(31)34-16-18-8-6-5-7-9-18/h5-13,21-22,24H,2,4,14-16H2,1,3H3/t21-,22+,24-/m0/s1. The molecule has 2 aromatic rings. The maximum Gasteiger partial charge on any atom is 0.410 e. The van der Waals surface area contributed by atoms with E-state index in [0.717, 1.165) is 11.1 Å². The first-order valence-electron chi connectivity index (χ1n) is 11.0. The smallest absolute Gasteiger partial charge is 0.410 e. The second kappa shape index (κ2) is 11.7. The number of likely N-dealkylation sites (tertiary alicyclic amines) is 1. The fourth-order valence-electron chi connectivity index (χ4n) is 4.21. The van der Waals surface area contributed by atoms with Crippen molar-refractivity contribution >= 4 is 35.2 Å². The Kier molecular flexibility index (Phi) is 8.71. The fourth-order valence-corrected chi connectivity index (χ4v) is 4.33. The van der Waals surface area contributed by atoms with Crippen LogP contribution in [0.5, 0.6) is 0 Å². The zero-order valence-electron chi connectivity index (χ0n) is 19.2. The van der Waals surface area contributed by atoms with Crippen molar-refractivity contribution in [2.45, 2.75) is 26.0 Å². The van der Waals surface area contributed by atoms with E-state index in [9.17, 15) is 14.4 Å². The summed E-state index contributed by atoms with van der Waals surface area (Å²) in [7, 11) is 1.28. The number of halogens is 1. The summed E-state index contributed by atoms with van der Waals surface area (Å²) >= 11 is 6.02. The lowest BCUT2D eigenvalue weighted by molar-refractivity contribution is -0.150. The van der Waals surface area contributed by atoms with E-state index in [0.29, 0.717) is 10.6 Å². The molecule has 0 unspecified atom stereocenters. The SMILES string of the molecule is C=C(c1ccc(Cl)cc1)[C@H]1CN(C(=O)OCc2ccccc2)[C@H](C(=O)OCC)[C@H]1CC(=O)OC. The summed E-state index contributed by atoms with van der Waals surface area (Å²) in [6.45, 7) is 6.23. The first-order chi connectivity index (χ1) is 16.3. The minimum absolute atomic E-state index is 0.0518. The quantitative estimate of drug-likeness (QED) is 0.397. The number of hydrogen-bond acceptors (Lipinski definition) is 6. The van der Waals surface area contributed by atoms with Gasteiger partial charge in [-0.25, -0.2) is 9.59 Å². The van der Waals surface area contributed by atoms with E-state index in [2.05, 4.69) is 6.58 Å². The molecule has 2 aromatic carbocycles. The fraction of sp³-hybridized carbons (Fsp3) is 0.346. The first-order valence-corrected chi connectivity index (χ1v) is 11.4. The molecule has 1 fully saturated rings. The second-order valence-electron chi connectivity index (χ2n) is 7.97. The molecule has 34 heavy (non-hydrogen) atoms. The third-order valence-corrected chi connectivity index (χ3v) is 6.16. The number of esters is 2. The highest BCUT2D eigenvalue weighted by Crippen LogP contribution is 2.41. The maximum absolute atomic E-state index is 13.1. The molecule has 1 amide bonds. The highest BCUT2D eigenvalue weighted by molar-refractivity contribution is 6.30. The van der Waals surface area contributed by atoms with Gasteiger partial charge in [0.15, 0.2) is 0 Å². The number of ether oxygens (including phenoxy) is 3. The Balaban J connectivity index is 1.91. The van der Waals surface area contributed by atoms with E-state index in [1.807, 2.05) is 42.5 Å². The Morgan fingerprint density at radius 2 is 1.74 bits per heavy atom. The van der Waals surface area contributed by atoms with Crippen LogP contribution in [0, 0.1) is 11.8 Å². The van der Waals surface area contributed by atoms with Crippen LogP contribution in [0.2, 0.25) is 5.02 Å². The Labute approximate surface area is 204 Å². The van der Waals surface area contributed by atoms with Gasteiger partial charge >= 0.3 is 18.0 Å². The minimum Gasteiger partial charge on any atom is -0.469 e. The molecule has 3 atom stereocenters. The number of rotatable bonds is 8. The van der Waals surface area contributed by atoms with Crippen molar-refractivity contribution in [2.24, 2.45) is 11.8 Å². The third-order valence-electron chi connectivity index (χ3n) is 5.91. The van der Waals surface area contributed by atoms with E-state index in [-0.39, 0.29) is 26.2 Å². The van der Waals surface area contributed by atoms with E-state index < -0.39 is 35.9 Å². The van der Waals surface area contributed by atoms with Crippen LogP contribution in [-0.4, -0.2) is 49.2 Å². The summed E-state index contributed by atoms with van der Waals surface area (Å²) in [5.74, 6) is -2.09. The van der Waals surface area contributed by atoms with E-state index in [4.69, 9.17) is 25.8 Å². The van der Waals surface area contributed by atoms with Crippen molar-refractivity contribution in [3.05, 3.63) is 77.3 Å². The summed E-state index contributed by atoms with van der Waals surface area (Å²) in [5, 5.41) is 0.574.